The number of nitrogens with zero attached hydrogens (tertiary/aromatic N) is 1. The van der Waals surface area contributed by atoms with Crippen LogP contribution in [-0.4, -0.2) is 35.6 Å². The first kappa shape index (κ1) is 16.5. The van der Waals surface area contributed by atoms with Gasteiger partial charge in [-0.2, -0.15) is 0 Å². The largest absolute Gasteiger partial charge is 0.396 e. The van der Waals surface area contributed by atoms with Gasteiger partial charge in [-0.25, -0.2) is 0 Å². The number of rotatable bonds is 6. The number of hydrogen-bond donors (Lipinski definition) is 1. The van der Waals surface area contributed by atoms with E-state index in [2.05, 4.69) is 31.2 Å². The quantitative estimate of drug-likeness (QED) is 0.876. The van der Waals surface area contributed by atoms with Gasteiger partial charge in [0.05, 0.1) is 12.5 Å². The maximum Gasteiger partial charge on any atom is 0.228 e. The van der Waals surface area contributed by atoms with Gasteiger partial charge >= 0.3 is 0 Å². The van der Waals surface area contributed by atoms with Crippen LogP contribution in [0.25, 0.3) is 0 Å². The van der Waals surface area contributed by atoms with Crippen LogP contribution >= 0.6 is 0 Å². The molecule has 2 aliphatic rings. The van der Waals surface area contributed by atoms with Crippen LogP contribution in [0.1, 0.15) is 44.2 Å². The number of carbonyl (C=O) groups excluding carboxylic acids is 1. The monoisotopic (exact) mass is 315 g/mol. The van der Waals surface area contributed by atoms with Gasteiger partial charge in [-0.15, -0.1) is 0 Å². The summed E-state index contributed by atoms with van der Waals surface area (Å²) < 4.78 is 0. The molecule has 1 atom stereocenters. The molecule has 3 rings (SSSR count). The van der Waals surface area contributed by atoms with Crippen LogP contribution in [0.2, 0.25) is 0 Å². The third kappa shape index (κ3) is 3.16. The number of likely N-dealkylation sites (tertiary alicyclic amines) is 1. The molecule has 126 valence electrons. The molecule has 1 aliphatic carbocycles. The van der Waals surface area contributed by atoms with E-state index in [0.717, 1.165) is 31.8 Å². The fourth-order valence-electron chi connectivity index (χ4n) is 4.54. The molecule has 1 spiro atoms. The van der Waals surface area contributed by atoms with E-state index in [-0.39, 0.29) is 18.4 Å². The molecule has 1 aromatic rings. The lowest BCUT2D eigenvalue weighted by atomic mass is 9.56. The van der Waals surface area contributed by atoms with E-state index in [4.69, 9.17) is 0 Å². The Kier molecular flexibility index (Phi) is 4.77. The Balaban J connectivity index is 1.48. The summed E-state index contributed by atoms with van der Waals surface area (Å²) in [5.74, 6) is 0.736. The van der Waals surface area contributed by atoms with Crippen molar-refractivity contribution in [1.82, 2.24) is 4.90 Å². The minimum Gasteiger partial charge on any atom is -0.396 e. The van der Waals surface area contributed by atoms with Crippen molar-refractivity contribution in [2.24, 2.45) is 17.3 Å². The van der Waals surface area contributed by atoms with Crippen LogP contribution < -0.4 is 0 Å². The molecular weight excluding hydrogens is 286 g/mol. The Bertz CT molecular complexity index is 551. The van der Waals surface area contributed by atoms with Crippen LogP contribution in [0.15, 0.2) is 24.3 Å². The van der Waals surface area contributed by atoms with E-state index < -0.39 is 0 Å². The minimum absolute atomic E-state index is 0.0186. The zero-order valence-electron chi connectivity index (χ0n) is 14.4. The average Bonchev–Trinajstić information content (AvgIpc) is 2.49. The third-order valence-corrected chi connectivity index (χ3v) is 5.88. The fourth-order valence-corrected chi connectivity index (χ4v) is 4.54. The molecule has 3 heteroatoms. The lowest BCUT2D eigenvalue weighted by Crippen LogP contribution is -2.64. The van der Waals surface area contributed by atoms with E-state index in [1.807, 2.05) is 11.8 Å². The highest BCUT2D eigenvalue weighted by Crippen LogP contribution is 2.53. The number of hydrogen-bond acceptors (Lipinski definition) is 2. The number of aliphatic hydroxyl groups is 1. The van der Waals surface area contributed by atoms with Crippen molar-refractivity contribution in [1.29, 1.82) is 0 Å². The molecule has 1 heterocycles. The average molecular weight is 315 g/mol. The Labute approximate surface area is 139 Å². The molecule has 3 nitrogen and oxygen atoms in total. The number of benzene rings is 1. The van der Waals surface area contributed by atoms with Gasteiger partial charge in [-0.05, 0) is 49.1 Å². The first-order valence-corrected chi connectivity index (χ1v) is 9.07. The van der Waals surface area contributed by atoms with Crippen molar-refractivity contribution in [2.45, 2.75) is 46.0 Å². The van der Waals surface area contributed by atoms with Crippen molar-refractivity contribution in [3.63, 3.8) is 0 Å². The summed E-state index contributed by atoms with van der Waals surface area (Å²) in [5.41, 5.74) is 3.39. The Morgan fingerprint density at radius 2 is 1.91 bits per heavy atom. The van der Waals surface area contributed by atoms with Gasteiger partial charge in [0.2, 0.25) is 5.91 Å². The van der Waals surface area contributed by atoms with Gasteiger partial charge in [0, 0.05) is 18.5 Å². The van der Waals surface area contributed by atoms with E-state index in [1.54, 1.807) is 0 Å². The van der Waals surface area contributed by atoms with Gasteiger partial charge in [0.1, 0.15) is 0 Å². The van der Waals surface area contributed by atoms with E-state index >= 15 is 0 Å². The number of aliphatic hydroxyl groups excluding tert-OH is 1. The highest BCUT2D eigenvalue weighted by atomic mass is 16.3. The van der Waals surface area contributed by atoms with Crippen molar-refractivity contribution >= 4 is 5.91 Å². The van der Waals surface area contributed by atoms with Gasteiger partial charge in [0.25, 0.3) is 0 Å². The maximum absolute atomic E-state index is 12.2. The second kappa shape index (κ2) is 6.64. The summed E-state index contributed by atoms with van der Waals surface area (Å²) >= 11 is 0. The molecule has 23 heavy (non-hydrogen) atoms. The fraction of sp³-hybridized carbons (Fsp3) is 0.650. The lowest BCUT2D eigenvalue weighted by Gasteiger charge is -2.59. The first-order chi connectivity index (χ1) is 11.1. The van der Waals surface area contributed by atoms with Crippen LogP contribution in [0, 0.1) is 17.3 Å². The third-order valence-electron chi connectivity index (χ3n) is 5.88. The molecule has 1 amide bonds. The molecule has 1 aliphatic heterocycles. The summed E-state index contributed by atoms with van der Waals surface area (Å²) in [5, 5.41) is 9.27. The zero-order chi connectivity index (χ0) is 16.4. The smallest absolute Gasteiger partial charge is 0.228 e. The van der Waals surface area contributed by atoms with Crippen molar-refractivity contribution in [2.75, 3.05) is 19.7 Å². The second-order valence-electron chi connectivity index (χ2n) is 7.58. The molecule has 0 unspecified atom stereocenters. The second-order valence-corrected chi connectivity index (χ2v) is 7.58. The molecule has 1 aromatic carbocycles. The highest BCUT2D eigenvalue weighted by molar-refractivity contribution is 5.80. The molecule has 1 saturated carbocycles. The van der Waals surface area contributed by atoms with Gasteiger partial charge in [-0.1, -0.05) is 38.1 Å². The van der Waals surface area contributed by atoms with Gasteiger partial charge < -0.3 is 10.0 Å². The van der Waals surface area contributed by atoms with E-state index in [0.29, 0.717) is 5.41 Å². The predicted molar refractivity (Wildman–Crippen MR) is 92.1 cm³/mol. The van der Waals surface area contributed by atoms with Crippen molar-refractivity contribution in [3.8, 4) is 0 Å². The van der Waals surface area contributed by atoms with Crippen LogP contribution in [0.4, 0.5) is 0 Å². The predicted octanol–water partition coefficient (Wildman–Crippen LogP) is 3.05. The Morgan fingerprint density at radius 1 is 1.26 bits per heavy atom. The topological polar surface area (TPSA) is 40.5 Å². The summed E-state index contributed by atoms with van der Waals surface area (Å²) in [4.78, 5) is 14.2. The van der Waals surface area contributed by atoms with Crippen LogP contribution in [0.3, 0.4) is 0 Å². The summed E-state index contributed by atoms with van der Waals surface area (Å²) in [6, 6.07) is 8.79. The van der Waals surface area contributed by atoms with Crippen LogP contribution in [0.5, 0.6) is 0 Å². The molecule has 2 fully saturated rings. The maximum atomic E-state index is 12.2. The minimum atomic E-state index is -0.195. The standard InChI is InChI=1S/C20H29NO2/c1-3-16-7-5-6-8-18(16)9-15-10-20(11-15)13-21(14-20)19(23)17(4-2)12-22/h5-8,15,17,22H,3-4,9-14H2,1-2H3/t17-/m1/s1. The van der Waals surface area contributed by atoms with Crippen LogP contribution in [-0.2, 0) is 17.6 Å². The number of carbonyl (C=O) groups is 1. The number of aryl methyl sites for hydroxylation is 1. The first-order valence-electron chi connectivity index (χ1n) is 9.07. The normalized spacial score (nSPS) is 20.9. The number of amides is 1. The van der Waals surface area contributed by atoms with Gasteiger partial charge in [-0.3, -0.25) is 4.79 Å². The summed E-state index contributed by atoms with van der Waals surface area (Å²) in [6.45, 7) is 6.00. The molecule has 1 N–H and O–H groups in total. The molecule has 0 bridgehead atoms. The molecule has 0 radical (unpaired) electrons. The summed E-state index contributed by atoms with van der Waals surface area (Å²) in [6.07, 6.45) is 5.54. The van der Waals surface area contributed by atoms with Gasteiger partial charge in [0.15, 0.2) is 0 Å². The lowest BCUT2D eigenvalue weighted by molar-refractivity contribution is -0.160. The van der Waals surface area contributed by atoms with Crippen molar-refractivity contribution < 1.29 is 9.90 Å². The summed E-state index contributed by atoms with van der Waals surface area (Å²) in [7, 11) is 0. The molecular formula is C20H29NO2. The van der Waals surface area contributed by atoms with E-state index in [1.165, 1.54) is 30.4 Å². The SMILES string of the molecule is CCc1ccccc1CC1CC2(C1)CN(C(=O)[C@H](CC)CO)C2. The Morgan fingerprint density at radius 3 is 2.48 bits per heavy atom. The molecule has 0 aromatic heterocycles. The van der Waals surface area contributed by atoms with Crippen molar-refractivity contribution in [3.05, 3.63) is 35.4 Å². The molecule has 1 saturated heterocycles. The highest BCUT2D eigenvalue weighted by Gasteiger charge is 2.53. The zero-order valence-corrected chi connectivity index (χ0v) is 14.4. The Hall–Kier alpha value is -1.35. The van der Waals surface area contributed by atoms with E-state index in [9.17, 15) is 9.90 Å².